The van der Waals surface area contributed by atoms with Crippen molar-refractivity contribution in [3.05, 3.63) is 16.6 Å². The smallest absolute Gasteiger partial charge is 0.107 e. The number of thiazole rings is 1. The van der Waals surface area contributed by atoms with Crippen LogP contribution in [-0.2, 0) is 6.54 Å². The molecule has 0 saturated carbocycles. The SMILES string of the molecule is CC1CN(Cc2nccs2)C(C)CN1. The van der Waals surface area contributed by atoms with Gasteiger partial charge in [-0.1, -0.05) is 0 Å². The van der Waals surface area contributed by atoms with E-state index in [0.29, 0.717) is 12.1 Å². The van der Waals surface area contributed by atoms with Crippen molar-refractivity contribution in [2.75, 3.05) is 13.1 Å². The highest BCUT2D eigenvalue weighted by Crippen LogP contribution is 2.13. The van der Waals surface area contributed by atoms with E-state index in [1.807, 2.05) is 11.6 Å². The molecular weight excluding hydrogens is 194 g/mol. The number of hydrogen-bond acceptors (Lipinski definition) is 4. The molecule has 1 N–H and O–H groups in total. The van der Waals surface area contributed by atoms with E-state index in [9.17, 15) is 0 Å². The van der Waals surface area contributed by atoms with Gasteiger partial charge in [0.25, 0.3) is 0 Å². The molecule has 14 heavy (non-hydrogen) atoms. The van der Waals surface area contributed by atoms with Crippen LogP contribution in [0.15, 0.2) is 11.6 Å². The largest absolute Gasteiger partial charge is 0.311 e. The summed E-state index contributed by atoms with van der Waals surface area (Å²) < 4.78 is 0. The summed E-state index contributed by atoms with van der Waals surface area (Å²) in [6.07, 6.45) is 1.89. The lowest BCUT2D eigenvalue weighted by Crippen LogP contribution is -2.53. The molecule has 1 fully saturated rings. The summed E-state index contributed by atoms with van der Waals surface area (Å²) >= 11 is 1.75. The maximum atomic E-state index is 4.33. The second-order valence-electron chi connectivity index (χ2n) is 4.01. The fraction of sp³-hybridized carbons (Fsp3) is 0.700. The predicted molar refractivity (Wildman–Crippen MR) is 59.5 cm³/mol. The summed E-state index contributed by atoms with van der Waals surface area (Å²) in [6.45, 7) is 7.73. The van der Waals surface area contributed by atoms with Crippen LogP contribution < -0.4 is 5.32 Å². The molecule has 1 aromatic heterocycles. The van der Waals surface area contributed by atoms with Gasteiger partial charge in [-0.15, -0.1) is 11.3 Å². The lowest BCUT2D eigenvalue weighted by Gasteiger charge is -2.36. The minimum atomic E-state index is 0.603. The second kappa shape index (κ2) is 4.38. The van der Waals surface area contributed by atoms with E-state index in [0.717, 1.165) is 19.6 Å². The van der Waals surface area contributed by atoms with Crippen LogP contribution in [-0.4, -0.2) is 35.1 Å². The molecule has 4 heteroatoms. The monoisotopic (exact) mass is 211 g/mol. The molecule has 2 atom stereocenters. The summed E-state index contributed by atoms with van der Waals surface area (Å²) in [6, 6.07) is 1.22. The highest BCUT2D eigenvalue weighted by molar-refractivity contribution is 7.09. The van der Waals surface area contributed by atoms with Gasteiger partial charge in [0.15, 0.2) is 0 Å². The van der Waals surface area contributed by atoms with Gasteiger partial charge >= 0.3 is 0 Å². The van der Waals surface area contributed by atoms with Crippen molar-refractivity contribution in [3.63, 3.8) is 0 Å². The lowest BCUT2D eigenvalue weighted by molar-refractivity contribution is 0.138. The van der Waals surface area contributed by atoms with Gasteiger partial charge in [0.2, 0.25) is 0 Å². The van der Waals surface area contributed by atoms with Crippen molar-refractivity contribution in [3.8, 4) is 0 Å². The molecule has 1 aromatic rings. The Morgan fingerprint density at radius 1 is 1.64 bits per heavy atom. The highest BCUT2D eigenvalue weighted by Gasteiger charge is 2.22. The van der Waals surface area contributed by atoms with Gasteiger partial charge in [-0.05, 0) is 13.8 Å². The first kappa shape index (κ1) is 10.1. The molecule has 1 aliphatic heterocycles. The molecule has 2 unspecified atom stereocenters. The van der Waals surface area contributed by atoms with E-state index in [1.165, 1.54) is 5.01 Å². The Bertz CT molecular complexity index is 273. The zero-order valence-corrected chi connectivity index (χ0v) is 9.55. The Morgan fingerprint density at radius 2 is 2.50 bits per heavy atom. The van der Waals surface area contributed by atoms with Crippen LogP contribution in [0, 0.1) is 0 Å². The van der Waals surface area contributed by atoms with E-state index in [-0.39, 0.29) is 0 Å². The van der Waals surface area contributed by atoms with Crippen LogP contribution in [0.5, 0.6) is 0 Å². The first-order valence-corrected chi connectivity index (χ1v) is 5.99. The molecular formula is C10H17N3S. The van der Waals surface area contributed by atoms with E-state index >= 15 is 0 Å². The standard InChI is InChI=1S/C10H17N3S/c1-8-6-13(9(2)5-12-8)7-10-11-3-4-14-10/h3-4,8-9,12H,5-7H2,1-2H3. The van der Waals surface area contributed by atoms with Crippen molar-refractivity contribution in [2.45, 2.75) is 32.5 Å². The maximum Gasteiger partial charge on any atom is 0.107 e. The van der Waals surface area contributed by atoms with Crippen LogP contribution in [0.2, 0.25) is 0 Å². The van der Waals surface area contributed by atoms with Gasteiger partial charge in [-0.3, -0.25) is 4.90 Å². The fourth-order valence-electron chi connectivity index (χ4n) is 1.82. The molecule has 78 valence electrons. The minimum absolute atomic E-state index is 0.603. The van der Waals surface area contributed by atoms with Gasteiger partial charge in [0, 0.05) is 36.8 Å². The maximum absolute atomic E-state index is 4.33. The molecule has 0 aliphatic carbocycles. The second-order valence-corrected chi connectivity index (χ2v) is 4.99. The summed E-state index contributed by atoms with van der Waals surface area (Å²) in [5.74, 6) is 0. The van der Waals surface area contributed by atoms with Crippen molar-refractivity contribution in [1.29, 1.82) is 0 Å². The van der Waals surface area contributed by atoms with Gasteiger partial charge in [-0.25, -0.2) is 4.98 Å². The molecule has 0 spiro atoms. The van der Waals surface area contributed by atoms with Crippen LogP contribution in [0.25, 0.3) is 0 Å². The molecule has 3 nitrogen and oxygen atoms in total. The molecule has 0 radical (unpaired) electrons. The lowest BCUT2D eigenvalue weighted by atomic mass is 10.1. The average Bonchev–Trinajstić information content (AvgIpc) is 2.64. The number of nitrogens with zero attached hydrogens (tertiary/aromatic N) is 2. The number of piperazine rings is 1. The van der Waals surface area contributed by atoms with Gasteiger partial charge in [0.1, 0.15) is 5.01 Å². The van der Waals surface area contributed by atoms with Gasteiger partial charge in [0.05, 0.1) is 6.54 Å². The van der Waals surface area contributed by atoms with Gasteiger partial charge in [-0.2, -0.15) is 0 Å². The number of hydrogen-bond donors (Lipinski definition) is 1. The Morgan fingerprint density at radius 3 is 3.21 bits per heavy atom. The zero-order valence-electron chi connectivity index (χ0n) is 8.73. The van der Waals surface area contributed by atoms with Crippen molar-refractivity contribution < 1.29 is 0 Å². The van der Waals surface area contributed by atoms with Crippen LogP contribution in [0.3, 0.4) is 0 Å². The third kappa shape index (κ3) is 2.32. The van der Waals surface area contributed by atoms with E-state index in [2.05, 4.69) is 29.0 Å². The summed E-state index contributed by atoms with van der Waals surface area (Å²) in [5, 5.41) is 6.76. The molecule has 2 rings (SSSR count). The fourth-order valence-corrected chi connectivity index (χ4v) is 2.46. The molecule has 0 bridgehead atoms. The van der Waals surface area contributed by atoms with Crippen LogP contribution in [0.1, 0.15) is 18.9 Å². The van der Waals surface area contributed by atoms with Gasteiger partial charge < -0.3 is 5.32 Å². The first-order chi connectivity index (χ1) is 6.75. The number of rotatable bonds is 2. The van der Waals surface area contributed by atoms with E-state index < -0.39 is 0 Å². The Labute approximate surface area is 89.1 Å². The summed E-state index contributed by atoms with van der Waals surface area (Å²) in [7, 11) is 0. The van der Waals surface area contributed by atoms with Crippen molar-refractivity contribution >= 4 is 11.3 Å². The minimum Gasteiger partial charge on any atom is -0.311 e. The molecule has 0 amide bonds. The summed E-state index contributed by atoms with van der Waals surface area (Å²) in [4.78, 5) is 6.83. The Hall–Kier alpha value is -0.450. The van der Waals surface area contributed by atoms with Crippen LogP contribution in [0.4, 0.5) is 0 Å². The predicted octanol–water partition coefficient (Wildman–Crippen LogP) is 1.33. The zero-order chi connectivity index (χ0) is 9.97. The van der Waals surface area contributed by atoms with E-state index in [4.69, 9.17) is 0 Å². The average molecular weight is 211 g/mol. The Balaban J connectivity index is 1.95. The molecule has 1 saturated heterocycles. The molecule has 1 aliphatic rings. The number of aromatic nitrogens is 1. The first-order valence-electron chi connectivity index (χ1n) is 5.11. The quantitative estimate of drug-likeness (QED) is 0.800. The molecule has 0 aromatic carbocycles. The van der Waals surface area contributed by atoms with Crippen molar-refractivity contribution in [2.24, 2.45) is 0 Å². The topological polar surface area (TPSA) is 28.2 Å². The molecule has 2 heterocycles. The number of nitrogens with one attached hydrogen (secondary N) is 1. The van der Waals surface area contributed by atoms with Crippen LogP contribution >= 0.6 is 11.3 Å². The van der Waals surface area contributed by atoms with E-state index in [1.54, 1.807) is 11.3 Å². The third-order valence-electron chi connectivity index (χ3n) is 2.72. The van der Waals surface area contributed by atoms with Crippen molar-refractivity contribution in [1.82, 2.24) is 15.2 Å². The summed E-state index contributed by atoms with van der Waals surface area (Å²) in [5.41, 5.74) is 0. The highest BCUT2D eigenvalue weighted by atomic mass is 32.1. The normalized spacial score (nSPS) is 29.3. The Kier molecular flexibility index (Phi) is 3.15. The third-order valence-corrected chi connectivity index (χ3v) is 3.48.